The molecule has 2 amide bonds. The fourth-order valence-corrected chi connectivity index (χ4v) is 2.57. The third-order valence-electron chi connectivity index (χ3n) is 3.66. The molecule has 3 N–H and O–H groups in total. The van der Waals surface area contributed by atoms with Gasteiger partial charge in [-0.15, -0.1) is 0 Å². The van der Waals surface area contributed by atoms with Crippen LogP contribution in [0.4, 0.5) is 0 Å². The molecule has 0 heterocycles. The number of hydrogen-bond donors (Lipinski definition) is 2. The molecule has 0 unspecified atom stereocenters. The topological polar surface area (TPSA) is 72.2 Å². The van der Waals surface area contributed by atoms with Crippen LogP contribution in [-0.4, -0.2) is 18.4 Å². The number of carbonyl (C=O) groups is 2. The molecule has 1 aliphatic rings. The molecule has 0 aliphatic heterocycles. The molecule has 1 aliphatic carbocycles. The SMILES string of the molecule is NC(=O)CCNC(=O)c1ccc(C2CCCC2)cc1. The zero-order valence-corrected chi connectivity index (χ0v) is 11.0. The predicted octanol–water partition coefficient (Wildman–Crippen LogP) is 1.95. The quantitative estimate of drug-likeness (QED) is 0.849. The molecule has 1 aromatic carbocycles. The van der Waals surface area contributed by atoms with Crippen molar-refractivity contribution in [1.82, 2.24) is 5.32 Å². The Labute approximate surface area is 113 Å². The van der Waals surface area contributed by atoms with Crippen LogP contribution < -0.4 is 11.1 Å². The highest BCUT2D eigenvalue weighted by Gasteiger charge is 2.17. The minimum atomic E-state index is -0.406. The van der Waals surface area contributed by atoms with Crippen molar-refractivity contribution < 1.29 is 9.59 Å². The summed E-state index contributed by atoms with van der Waals surface area (Å²) >= 11 is 0. The maximum absolute atomic E-state index is 11.8. The lowest BCUT2D eigenvalue weighted by molar-refractivity contribution is -0.117. The summed E-state index contributed by atoms with van der Waals surface area (Å²) in [7, 11) is 0. The highest BCUT2D eigenvalue weighted by atomic mass is 16.2. The normalized spacial score (nSPS) is 15.4. The zero-order chi connectivity index (χ0) is 13.7. The van der Waals surface area contributed by atoms with Gasteiger partial charge in [0.15, 0.2) is 0 Å². The van der Waals surface area contributed by atoms with Gasteiger partial charge >= 0.3 is 0 Å². The van der Waals surface area contributed by atoms with E-state index in [-0.39, 0.29) is 12.3 Å². The van der Waals surface area contributed by atoms with Crippen LogP contribution in [0.15, 0.2) is 24.3 Å². The minimum absolute atomic E-state index is 0.153. The van der Waals surface area contributed by atoms with Crippen molar-refractivity contribution in [2.24, 2.45) is 5.73 Å². The van der Waals surface area contributed by atoms with Crippen LogP contribution in [0.1, 0.15) is 53.9 Å². The molecule has 4 heteroatoms. The van der Waals surface area contributed by atoms with Crippen molar-refractivity contribution in [1.29, 1.82) is 0 Å². The Kier molecular flexibility index (Phi) is 4.55. The number of benzene rings is 1. The van der Waals surface area contributed by atoms with Crippen LogP contribution in [0.2, 0.25) is 0 Å². The van der Waals surface area contributed by atoms with Gasteiger partial charge in [0.1, 0.15) is 0 Å². The maximum Gasteiger partial charge on any atom is 0.251 e. The number of hydrogen-bond acceptors (Lipinski definition) is 2. The molecule has 0 bridgehead atoms. The lowest BCUT2D eigenvalue weighted by Crippen LogP contribution is -2.27. The molecule has 4 nitrogen and oxygen atoms in total. The Balaban J connectivity index is 1.90. The predicted molar refractivity (Wildman–Crippen MR) is 73.8 cm³/mol. The number of carbonyl (C=O) groups excluding carboxylic acids is 2. The lowest BCUT2D eigenvalue weighted by Gasteiger charge is -2.10. The van der Waals surface area contributed by atoms with E-state index in [0.29, 0.717) is 18.0 Å². The molecule has 1 fully saturated rings. The second kappa shape index (κ2) is 6.36. The fraction of sp³-hybridized carbons (Fsp3) is 0.467. The third-order valence-corrected chi connectivity index (χ3v) is 3.66. The van der Waals surface area contributed by atoms with Gasteiger partial charge in [-0.3, -0.25) is 9.59 Å². The van der Waals surface area contributed by atoms with Crippen LogP contribution in [0, 0.1) is 0 Å². The van der Waals surface area contributed by atoms with E-state index in [4.69, 9.17) is 5.73 Å². The molecular weight excluding hydrogens is 240 g/mol. The first kappa shape index (κ1) is 13.6. The summed E-state index contributed by atoms with van der Waals surface area (Å²) in [6.45, 7) is 0.290. The minimum Gasteiger partial charge on any atom is -0.370 e. The largest absolute Gasteiger partial charge is 0.370 e. The van der Waals surface area contributed by atoms with E-state index in [1.807, 2.05) is 24.3 Å². The first-order chi connectivity index (χ1) is 9.16. The summed E-state index contributed by atoms with van der Waals surface area (Å²) in [5.74, 6) is 0.100. The van der Waals surface area contributed by atoms with Gasteiger partial charge < -0.3 is 11.1 Å². The lowest BCUT2D eigenvalue weighted by atomic mass is 9.96. The van der Waals surface area contributed by atoms with Crippen molar-refractivity contribution >= 4 is 11.8 Å². The molecule has 2 rings (SSSR count). The van der Waals surface area contributed by atoms with Crippen molar-refractivity contribution in [2.45, 2.75) is 38.0 Å². The van der Waals surface area contributed by atoms with E-state index in [1.54, 1.807) is 0 Å². The molecule has 19 heavy (non-hydrogen) atoms. The molecule has 102 valence electrons. The van der Waals surface area contributed by atoms with Crippen LogP contribution in [0.25, 0.3) is 0 Å². The van der Waals surface area contributed by atoms with Crippen LogP contribution in [0.5, 0.6) is 0 Å². The van der Waals surface area contributed by atoms with E-state index >= 15 is 0 Å². The van der Waals surface area contributed by atoms with Gasteiger partial charge in [-0.2, -0.15) is 0 Å². The highest BCUT2D eigenvalue weighted by Crippen LogP contribution is 2.33. The molecule has 0 atom stereocenters. The number of nitrogens with two attached hydrogens (primary N) is 1. The van der Waals surface area contributed by atoms with Gasteiger partial charge in [-0.1, -0.05) is 25.0 Å². The van der Waals surface area contributed by atoms with Gasteiger partial charge in [-0.25, -0.2) is 0 Å². The summed E-state index contributed by atoms with van der Waals surface area (Å²) in [5, 5.41) is 2.68. The molecule has 0 aromatic heterocycles. The zero-order valence-electron chi connectivity index (χ0n) is 11.0. The van der Waals surface area contributed by atoms with E-state index in [1.165, 1.54) is 31.2 Å². The number of rotatable bonds is 5. The molecule has 1 aromatic rings. The Bertz CT molecular complexity index is 448. The Morgan fingerprint density at radius 1 is 1.16 bits per heavy atom. The fourth-order valence-electron chi connectivity index (χ4n) is 2.57. The van der Waals surface area contributed by atoms with Gasteiger partial charge in [0.25, 0.3) is 5.91 Å². The maximum atomic E-state index is 11.8. The summed E-state index contributed by atoms with van der Waals surface area (Å²) in [6.07, 6.45) is 5.29. The van der Waals surface area contributed by atoms with Crippen molar-refractivity contribution in [3.8, 4) is 0 Å². The average Bonchev–Trinajstić information content (AvgIpc) is 2.92. The molecule has 1 saturated carbocycles. The number of nitrogens with one attached hydrogen (secondary N) is 1. The summed E-state index contributed by atoms with van der Waals surface area (Å²) in [5.41, 5.74) is 6.97. The van der Waals surface area contributed by atoms with E-state index < -0.39 is 5.91 Å². The molecular formula is C15H20N2O2. The first-order valence-corrected chi connectivity index (χ1v) is 6.83. The second-order valence-electron chi connectivity index (χ2n) is 5.08. The molecule has 0 saturated heterocycles. The van der Waals surface area contributed by atoms with Crippen LogP contribution in [-0.2, 0) is 4.79 Å². The standard InChI is InChI=1S/C15H20N2O2/c16-14(18)9-10-17-15(19)13-7-5-12(6-8-13)11-3-1-2-4-11/h5-8,11H,1-4,9-10H2,(H2,16,18)(H,17,19). The monoisotopic (exact) mass is 260 g/mol. The van der Waals surface area contributed by atoms with Gasteiger partial charge in [0.05, 0.1) is 0 Å². The van der Waals surface area contributed by atoms with Crippen LogP contribution in [0.3, 0.4) is 0 Å². The number of primary amides is 1. The van der Waals surface area contributed by atoms with Crippen molar-refractivity contribution in [2.75, 3.05) is 6.54 Å². The Hall–Kier alpha value is -1.84. The van der Waals surface area contributed by atoms with Crippen LogP contribution >= 0.6 is 0 Å². The third kappa shape index (κ3) is 3.81. The van der Waals surface area contributed by atoms with E-state index in [9.17, 15) is 9.59 Å². The average molecular weight is 260 g/mol. The van der Waals surface area contributed by atoms with Gasteiger partial charge in [0.2, 0.25) is 5.91 Å². The second-order valence-corrected chi connectivity index (χ2v) is 5.08. The highest BCUT2D eigenvalue weighted by molar-refractivity contribution is 5.94. The summed E-state index contributed by atoms with van der Waals surface area (Å²) < 4.78 is 0. The van der Waals surface area contributed by atoms with E-state index in [0.717, 1.165) is 0 Å². The van der Waals surface area contributed by atoms with Crippen molar-refractivity contribution in [3.05, 3.63) is 35.4 Å². The van der Waals surface area contributed by atoms with Crippen molar-refractivity contribution in [3.63, 3.8) is 0 Å². The van der Waals surface area contributed by atoms with Gasteiger partial charge in [0, 0.05) is 18.5 Å². The Morgan fingerprint density at radius 2 is 1.79 bits per heavy atom. The number of amides is 2. The summed E-state index contributed by atoms with van der Waals surface area (Å²) in [6, 6.07) is 7.79. The van der Waals surface area contributed by atoms with E-state index in [2.05, 4.69) is 5.32 Å². The Morgan fingerprint density at radius 3 is 2.37 bits per heavy atom. The molecule has 0 radical (unpaired) electrons. The summed E-state index contributed by atoms with van der Waals surface area (Å²) in [4.78, 5) is 22.4. The first-order valence-electron chi connectivity index (χ1n) is 6.83. The van der Waals surface area contributed by atoms with Gasteiger partial charge in [-0.05, 0) is 36.5 Å². The smallest absolute Gasteiger partial charge is 0.251 e. The molecule has 0 spiro atoms.